The van der Waals surface area contributed by atoms with Crippen molar-refractivity contribution >= 4 is 0 Å². The number of hydrogen-bond acceptors (Lipinski definition) is 3. The SMILES string of the molecule is C=C/C=C(N)\C(=C/C=C)[N+](=O)[O-].CC. The maximum atomic E-state index is 10.3. The zero-order valence-corrected chi connectivity index (χ0v) is 8.56. The summed E-state index contributed by atoms with van der Waals surface area (Å²) in [6.45, 7) is 10.7. The third-order valence-electron chi connectivity index (χ3n) is 1.07. The zero-order valence-electron chi connectivity index (χ0n) is 8.56. The van der Waals surface area contributed by atoms with Gasteiger partial charge in [-0.1, -0.05) is 39.2 Å². The van der Waals surface area contributed by atoms with E-state index in [1.165, 1.54) is 24.3 Å². The highest BCUT2D eigenvalue weighted by atomic mass is 16.6. The van der Waals surface area contributed by atoms with Crippen LogP contribution in [0, 0.1) is 10.1 Å². The molecule has 0 unspecified atom stereocenters. The van der Waals surface area contributed by atoms with Crippen LogP contribution in [0.5, 0.6) is 0 Å². The Balaban J connectivity index is 0. The molecule has 0 bridgehead atoms. The number of rotatable bonds is 4. The number of hydrogen-bond donors (Lipinski definition) is 1. The van der Waals surface area contributed by atoms with Crippen molar-refractivity contribution in [3.63, 3.8) is 0 Å². The minimum atomic E-state index is -0.572. The number of nitrogens with two attached hydrogens (primary N) is 1. The van der Waals surface area contributed by atoms with E-state index in [4.69, 9.17) is 5.73 Å². The van der Waals surface area contributed by atoms with E-state index in [0.717, 1.165) is 0 Å². The van der Waals surface area contributed by atoms with Gasteiger partial charge >= 0.3 is 0 Å². The topological polar surface area (TPSA) is 69.2 Å². The third-order valence-corrected chi connectivity index (χ3v) is 1.07. The molecule has 14 heavy (non-hydrogen) atoms. The highest BCUT2D eigenvalue weighted by Crippen LogP contribution is 2.04. The highest BCUT2D eigenvalue weighted by molar-refractivity contribution is 5.27. The van der Waals surface area contributed by atoms with Gasteiger partial charge in [-0.25, -0.2) is 0 Å². The van der Waals surface area contributed by atoms with Crippen LogP contribution in [-0.4, -0.2) is 4.92 Å². The lowest BCUT2D eigenvalue weighted by Gasteiger charge is -1.95. The summed E-state index contributed by atoms with van der Waals surface area (Å²) in [6.07, 6.45) is 5.28. The Morgan fingerprint density at radius 2 is 1.71 bits per heavy atom. The van der Waals surface area contributed by atoms with Crippen molar-refractivity contribution in [2.75, 3.05) is 0 Å². The second-order valence-corrected chi connectivity index (χ2v) is 1.90. The van der Waals surface area contributed by atoms with Gasteiger partial charge in [-0.05, 0) is 6.08 Å². The lowest BCUT2D eigenvalue weighted by atomic mass is 10.3. The molecule has 0 amide bonds. The Hall–Kier alpha value is -1.84. The number of nitrogens with zero attached hydrogens (tertiary/aromatic N) is 1. The third kappa shape index (κ3) is 5.77. The van der Waals surface area contributed by atoms with E-state index >= 15 is 0 Å². The van der Waals surface area contributed by atoms with Gasteiger partial charge in [0, 0.05) is 6.08 Å². The molecule has 0 atom stereocenters. The molecule has 0 aromatic rings. The molecule has 4 heteroatoms. The highest BCUT2D eigenvalue weighted by Gasteiger charge is 2.11. The van der Waals surface area contributed by atoms with Crippen molar-refractivity contribution in [2.24, 2.45) is 5.73 Å². The summed E-state index contributed by atoms with van der Waals surface area (Å²) in [5.74, 6) is 0. The second-order valence-electron chi connectivity index (χ2n) is 1.90. The summed E-state index contributed by atoms with van der Waals surface area (Å²) in [5, 5.41) is 10.3. The molecule has 0 spiro atoms. The Morgan fingerprint density at radius 1 is 1.29 bits per heavy atom. The molecule has 0 aliphatic heterocycles. The molecule has 0 aromatic carbocycles. The molecule has 2 N–H and O–H groups in total. The van der Waals surface area contributed by atoms with E-state index in [1.807, 2.05) is 13.8 Å². The largest absolute Gasteiger partial charge is 0.393 e. The first-order valence-corrected chi connectivity index (χ1v) is 4.19. The fourth-order valence-corrected chi connectivity index (χ4v) is 0.586. The monoisotopic (exact) mass is 196 g/mol. The van der Waals surface area contributed by atoms with Gasteiger partial charge in [-0.3, -0.25) is 10.1 Å². The Morgan fingerprint density at radius 3 is 2.00 bits per heavy atom. The molecule has 0 heterocycles. The minimum absolute atomic E-state index is 0.0647. The van der Waals surface area contributed by atoms with E-state index in [-0.39, 0.29) is 11.4 Å². The van der Waals surface area contributed by atoms with Crippen molar-refractivity contribution in [1.29, 1.82) is 0 Å². The van der Waals surface area contributed by atoms with E-state index in [9.17, 15) is 10.1 Å². The molecular weight excluding hydrogens is 180 g/mol. The van der Waals surface area contributed by atoms with Crippen molar-refractivity contribution in [3.8, 4) is 0 Å². The van der Waals surface area contributed by atoms with Gasteiger partial charge in [0.1, 0.15) is 5.70 Å². The van der Waals surface area contributed by atoms with Gasteiger partial charge in [0.25, 0.3) is 5.70 Å². The smallest absolute Gasteiger partial charge is 0.292 e. The van der Waals surface area contributed by atoms with Gasteiger partial charge in [0.15, 0.2) is 0 Å². The van der Waals surface area contributed by atoms with Gasteiger partial charge in [-0.15, -0.1) is 0 Å². The van der Waals surface area contributed by atoms with Crippen LogP contribution in [0.2, 0.25) is 0 Å². The summed E-state index contributed by atoms with van der Waals surface area (Å²) >= 11 is 0. The van der Waals surface area contributed by atoms with Gasteiger partial charge in [0.2, 0.25) is 0 Å². The fraction of sp³-hybridized carbons (Fsp3) is 0.200. The Labute approximate surface area is 84.3 Å². The fourth-order valence-electron chi connectivity index (χ4n) is 0.586. The Bertz CT molecular complexity index is 265. The summed E-state index contributed by atoms with van der Waals surface area (Å²) in [7, 11) is 0. The molecule has 4 nitrogen and oxygen atoms in total. The molecule has 0 saturated carbocycles. The average Bonchev–Trinajstić information content (AvgIpc) is 2.17. The van der Waals surface area contributed by atoms with Crippen LogP contribution < -0.4 is 5.73 Å². The standard InChI is InChI=1S/C8H10N2O2.C2H6/c1-3-5-7(9)8(6-4-2)10(11)12;1-2/h3-6H,1-2,9H2;1-2H3/b7-5+,8-6+;. The van der Waals surface area contributed by atoms with E-state index in [1.54, 1.807) is 0 Å². The minimum Gasteiger partial charge on any atom is -0.393 e. The number of allylic oxidation sites excluding steroid dienone is 4. The summed E-state index contributed by atoms with van der Waals surface area (Å²) in [6, 6.07) is 0. The lowest BCUT2D eigenvalue weighted by molar-refractivity contribution is -0.420. The average molecular weight is 196 g/mol. The molecule has 0 aliphatic carbocycles. The molecule has 0 fully saturated rings. The van der Waals surface area contributed by atoms with Crippen LogP contribution in [-0.2, 0) is 0 Å². The molecule has 0 aromatic heterocycles. The molecule has 0 aliphatic rings. The number of nitro groups is 1. The first-order valence-electron chi connectivity index (χ1n) is 4.19. The van der Waals surface area contributed by atoms with Gasteiger partial charge in [0.05, 0.1) is 4.92 Å². The van der Waals surface area contributed by atoms with E-state index in [0.29, 0.717) is 0 Å². The summed E-state index contributed by atoms with van der Waals surface area (Å²) < 4.78 is 0. The van der Waals surface area contributed by atoms with Crippen LogP contribution in [0.15, 0.2) is 48.9 Å². The molecule has 78 valence electrons. The van der Waals surface area contributed by atoms with Crippen molar-refractivity contribution in [1.82, 2.24) is 0 Å². The Kier molecular flexibility index (Phi) is 9.69. The maximum Gasteiger partial charge on any atom is 0.292 e. The van der Waals surface area contributed by atoms with Crippen LogP contribution in [0.25, 0.3) is 0 Å². The molecule has 0 radical (unpaired) electrons. The van der Waals surface area contributed by atoms with Crippen molar-refractivity contribution < 1.29 is 4.92 Å². The van der Waals surface area contributed by atoms with Gasteiger partial charge < -0.3 is 5.73 Å². The molecule has 0 rings (SSSR count). The van der Waals surface area contributed by atoms with Crippen LogP contribution >= 0.6 is 0 Å². The van der Waals surface area contributed by atoms with Crippen molar-refractivity contribution in [2.45, 2.75) is 13.8 Å². The first kappa shape index (κ1) is 14.7. The van der Waals surface area contributed by atoms with E-state index in [2.05, 4.69) is 13.2 Å². The van der Waals surface area contributed by atoms with Crippen LogP contribution in [0.1, 0.15) is 13.8 Å². The summed E-state index contributed by atoms with van der Waals surface area (Å²) in [5.41, 5.74) is 5.24. The first-order chi connectivity index (χ1) is 6.63. The second kappa shape index (κ2) is 9.25. The lowest BCUT2D eigenvalue weighted by Crippen LogP contribution is -2.08. The summed E-state index contributed by atoms with van der Waals surface area (Å²) in [4.78, 5) is 9.77. The predicted octanol–water partition coefficient (Wildman–Crippen LogP) is 2.39. The van der Waals surface area contributed by atoms with Gasteiger partial charge in [-0.2, -0.15) is 0 Å². The predicted molar refractivity (Wildman–Crippen MR) is 59.1 cm³/mol. The van der Waals surface area contributed by atoms with Crippen LogP contribution in [0.3, 0.4) is 0 Å². The quantitative estimate of drug-likeness (QED) is 0.426. The normalized spacial score (nSPS) is 11.0. The van der Waals surface area contributed by atoms with E-state index < -0.39 is 4.92 Å². The maximum absolute atomic E-state index is 10.3. The molecule has 0 saturated heterocycles. The van der Waals surface area contributed by atoms with Crippen LogP contribution in [0.4, 0.5) is 0 Å². The van der Waals surface area contributed by atoms with Crippen molar-refractivity contribution in [3.05, 3.63) is 59.0 Å². The zero-order chi connectivity index (χ0) is 11.6. The molecular formula is C10H16N2O2.